The van der Waals surface area contributed by atoms with E-state index in [0.717, 1.165) is 11.1 Å². The largest absolute Gasteiger partial charge is 0.389 e. The zero-order valence-electron chi connectivity index (χ0n) is 15.5. The lowest BCUT2D eigenvalue weighted by Crippen LogP contribution is -2.55. The van der Waals surface area contributed by atoms with Gasteiger partial charge < -0.3 is 5.11 Å². The van der Waals surface area contributed by atoms with E-state index in [2.05, 4.69) is 12.1 Å². The molecule has 1 aliphatic rings. The summed E-state index contributed by atoms with van der Waals surface area (Å²) in [6, 6.07) is 23.0. The summed E-state index contributed by atoms with van der Waals surface area (Å²) in [7, 11) is 0. The highest BCUT2D eigenvalue weighted by atomic mass is 16.3. The van der Waals surface area contributed by atoms with Gasteiger partial charge >= 0.3 is 0 Å². The monoisotopic (exact) mass is 358 g/mol. The molecular weight excluding hydrogens is 336 g/mol. The molecule has 2 aromatic rings. The maximum absolute atomic E-state index is 12.6. The first-order valence-corrected chi connectivity index (χ1v) is 9.02. The van der Waals surface area contributed by atoms with Crippen molar-refractivity contribution in [2.75, 3.05) is 0 Å². The quantitative estimate of drug-likeness (QED) is 0.900. The summed E-state index contributed by atoms with van der Waals surface area (Å²) in [6.45, 7) is 3.07. The Morgan fingerprint density at radius 1 is 1.00 bits per heavy atom. The summed E-state index contributed by atoms with van der Waals surface area (Å²) in [5.41, 5.74) is -1.24. The molecule has 1 aliphatic carbocycles. The molecule has 1 N–H and O–H groups in total. The molecular formula is C23H22N2O2. The highest BCUT2D eigenvalue weighted by Gasteiger charge is 2.61. The van der Waals surface area contributed by atoms with E-state index in [9.17, 15) is 20.4 Å². The minimum absolute atomic E-state index is 0.172. The second-order valence-corrected chi connectivity index (χ2v) is 7.59. The average molecular weight is 358 g/mol. The van der Waals surface area contributed by atoms with E-state index in [0.29, 0.717) is 0 Å². The Balaban J connectivity index is 2.30. The van der Waals surface area contributed by atoms with Crippen LogP contribution in [0.15, 0.2) is 60.7 Å². The van der Waals surface area contributed by atoms with Crippen LogP contribution >= 0.6 is 0 Å². The van der Waals surface area contributed by atoms with Gasteiger partial charge in [-0.05, 0) is 31.4 Å². The van der Waals surface area contributed by atoms with Gasteiger partial charge in [-0.1, -0.05) is 60.7 Å². The van der Waals surface area contributed by atoms with E-state index >= 15 is 0 Å². The number of hydrogen-bond acceptors (Lipinski definition) is 4. The van der Waals surface area contributed by atoms with Gasteiger partial charge in [-0.25, -0.2) is 0 Å². The van der Waals surface area contributed by atoms with Gasteiger partial charge in [0.1, 0.15) is 5.78 Å². The standard InChI is InChI=1S/C23H22N2O2/c1-16(26)20-21(18-11-7-4-8-12-18)23(14-24,15-25)19(13-22(20,2)27)17-9-5-3-6-10-17/h3-12,19-21,27H,13H2,1-2H3/t19-,20+,21-,22-/m0/s1. The van der Waals surface area contributed by atoms with Crippen molar-refractivity contribution < 1.29 is 9.90 Å². The predicted molar refractivity (Wildman–Crippen MR) is 101 cm³/mol. The summed E-state index contributed by atoms with van der Waals surface area (Å²) in [5.74, 6) is -2.28. The number of aliphatic hydroxyl groups is 1. The zero-order valence-corrected chi connectivity index (χ0v) is 15.5. The molecule has 4 atom stereocenters. The van der Waals surface area contributed by atoms with E-state index in [1.54, 1.807) is 6.92 Å². The molecule has 3 rings (SSSR count). The van der Waals surface area contributed by atoms with Gasteiger partial charge in [0.05, 0.1) is 23.7 Å². The van der Waals surface area contributed by atoms with Gasteiger partial charge in [-0.15, -0.1) is 0 Å². The van der Waals surface area contributed by atoms with Crippen LogP contribution in [0.25, 0.3) is 0 Å². The smallest absolute Gasteiger partial charge is 0.158 e. The lowest BCUT2D eigenvalue weighted by atomic mass is 9.49. The number of carbonyl (C=O) groups excluding carboxylic acids is 1. The zero-order chi connectivity index (χ0) is 19.7. The van der Waals surface area contributed by atoms with Gasteiger partial charge in [0.25, 0.3) is 0 Å². The lowest BCUT2D eigenvalue weighted by Gasteiger charge is -2.51. The van der Waals surface area contributed by atoms with Crippen LogP contribution in [0.4, 0.5) is 0 Å². The summed E-state index contributed by atoms with van der Waals surface area (Å²) in [5, 5.41) is 31.7. The Morgan fingerprint density at radius 3 is 1.93 bits per heavy atom. The van der Waals surface area contributed by atoms with Crippen molar-refractivity contribution in [1.29, 1.82) is 10.5 Å². The first kappa shape index (κ1) is 18.8. The Kier molecular flexibility index (Phi) is 4.87. The number of Topliss-reactive ketones (excluding diaryl/α,β-unsaturated/α-hetero) is 1. The van der Waals surface area contributed by atoms with Crippen LogP contribution in [0.5, 0.6) is 0 Å². The molecule has 2 aromatic carbocycles. The van der Waals surface area contributed by atoms with Crippen molar-refractivity contribution in [3.05, 3.63) is 71.8 Å². The Bertz CT molecular complexity index is 893. The number of nitrogens with zero attached hydrogens (tertiary/aromatic N) is 2. The second-order valence-electron chi connectivity index (χ2n) is 7.59. The highest BCUT2D eigenvalue weighted by molar-refractivity contribution is 5.81. The van der Waals surface area contributed by atoms with E-state index in [1.165, 1.54) is 6.92 Å². The number of benzene rings is 2. The molecule has 0 saturated heterocycles. The lowest BCUT2D eigenvalue weighted by molar-refractivity contribution is -0.139. The number of rotatable bonds is 3. The number of carbonyl (C=O) groups is 1. The Hall–Kier alpha value is -2.95. The molecule has 0 bridgehead atoms. The summed E-state index contributed by atoms with van der Waals surface area (Å²) >= 11 is 0. The maximum Gasteiger partial charge on any atom is 0.158 e. The molecule has 136 valence electrons. The average Bonchev–Trinajstić information content (AvgIpc) is 2.68. The van der Waals surface area contributed by atoms with Crippen molar-refractivity contribution >= 4 is 5.78 Å². The number of nitriles is 2. The third-order valence-corrected chi connectivity index (χ3v) is 5.83. The van der Waals surface area contributed by atoms with Crippen LogP contribution in [0.1, 0.15) is 43.2 Å². The van der Waals surface area contributed by atoms with Crippen molar-refractivity contribution in [3.8, 4) is 12.1 Å². The molecule has 0 aromatic heterocycles. The van der Waals surface area contributed by atoms with Gasteiger partial charge in [0.15, 0.2) is 5.41 Å². The predicted octanol–water partition coefficient (Wildman–Crippen LogP) is 3.95. The van der Waals surface area contributed by atoms with Crippen LogP contribution in [0.3, 0.4) is 0 Å². The minimum Gasteiger partial charge on any atom is -0.389 e. The molecule has 0 heterocycles. The van der Waals surface area contributed by atoms with Crippen molar-refractivity contribution in [1.82, 2.24) is 0 Å². The van der Waals surface area contributed by atoms with E-state index in [4.69, 9.17) is 0 Å². The summed E-state index contributed by atoms with van der Waals surface area (Å²) < 4.78 is 0. The summed E-state index contributed by atoms with van der Waals surface area (Å²) in [4.78, 5) is 12.6. The van der Waals surface area contributed by atoms with Crippen LogP contribution < -0.4 is 0 Å². The van der Waals surface area contributed by atoms with Gasteiger partial charge in [0.2, 0.25) is 0 Å². The number of ketones is 1. The minimum atomic E-state index is -1.46. The number of hydrogen-bond donors (Lipinski definition) is 1. The van der Waals surface area contributed by atoms with Gasteiger partial charge in [-0.3, -0.25) is 4.79 Å². The molecule has 0 spiro atoms. The summed E-state index contributed by atoms with van der Waals surface area (Å²) in [6.07, 6.45) is 0.172. The van der Waals surface area contributed by atoms with Crippen LogP contribution in [0.2, 0.25) is 0 Å². The SMILES string of the molecule is CC(=O)[C@@H]1[C@H](c2ccccc2)C(C#N)(C#N)[C@H](c2ccccc2)C[C@]1(C)O. The normalized spacial score (nSPS) is 29.3. The third-order valence-electron chi connectivity index (χ3n) is 5.83. The van der Waals surface area contributed by atoms with Crippen molar-refractivity contribution in [2.45, 2.75) is 37.7 Å². The topological polar surface area (TPSA) is 84.9 Å². The van der Waals surface area contributed by atoms with E-state index < -0.39 is 28.8 Å². The van der Waals surface area contributed by atoms with Crippen molar-refractivity contribution in [2.24, 2.45) is 11.3 Å². The van der Waals surface area contributed by atoms with E-state index in [1.807, 2.05) is 60.7 Å². The molecule has 0 amide bonds. The van der Waals surface area contributed by atoms with Crippen molar-refractivity contribution in [3.63, 3.8) is 0 Å². The van der Waals surface area contributed by atoms with Gasteiger partial charge in [-0.2, -0.15) is 10.5 Å². The second kappa shape index (κ2) is 6.99. The fourth-order valence-electron chi connectivity index (χ4n) is 4.71. The molecule has 4 nitrogen and oxygen atoms in total. The first-order chi connectivity index (χ1) is 12.9. The first-order valence-electron chi connectivity index (χ1n) is 9.02. The fourth-order valence-corrected chi connectivity index (χ4v) is 4.71. The molecule has 1 saturated carbocycles. The fraction of sp³-hybridized carbons (Fsp3) is 0.348. The molecule has 4 heteroatoms. The van der Waals surface area contributed by atoms with Crippen LogP contribution in [-0.4, -0.2) is 16.5 Å². The molecule has 0 aliphatic heterocycles. The highest BCUT2D eigenvalue weighted by Crippen LogP contribution is 2.59. The maximum atomic E-state index is 12.6. The van der Waals surface area contributed by atoms with E-state index in [-0.39, 0.29) is 12.2 Å². The van der Waals surface area contributed by atoms with Crippen LogP contribution in [0, 0.1) is 34.0 Å². The third kappa shape index (κ3) is 3.03. The molecule has 0 radical (unpaired) electrons. The van der Waals surface area contributed by atoms with Gasteiger partial charge in [0, 0.05) is 11.8 Å². The Morgan fingerprint density at radius 2 is 1.48 bits per heavy atom. The molecule has 1 fully saturated rings. The molecule has 0 unspecified atom stereocenters. The molecule has 27 heavy (non-hydrogen) atoms. The van der Waals surface area contributed by atoms with Crippen LogP contribution in [-0.2, 0) is 4.79 Å². The Labute approximate surface area is 159 Å².